The molecule has 1 saturated heterocycles. The summed E-state index contributed by atoms with van der Waals surface area (Å²) in [6.45, 7) is 7.41. The highest BCUT2D eigenvalue weighted by Crippen LogP contribution is 2.24. The number of nitrogens with zero attached hydrogens (tertiary/aromatic N) is 1. The first-order valence-corrected chi connectivity index (χ1v) is 8.36. The maximum atomic E-state index is 12.9. The van der Waals surface area contributed by atoms with Crippen molar-refractivity contribution in [1.29, 1.82) is 0 Å². The lowest BCUT2D eigenvalue weighted by Gasteiger charge is -2.25. The number of likely N-dealkylation sites (tertiary alicyclic amines) is 1. The number of carbonyl (C=O) groups excluding carboxylic acids is 1. The molecule has 1 fully saturated rings. The lowest BCUT2D eigenvalue weighted by atomic mass is 10.1. The van der Waals surface area contributed by atoms with E-state index in [4.69, 9.17) is 9.47 Å². The van der Waals surface area contributed by atoms with Crippen LogP contribution in [0.1, 0.15) is 54.3 Å². The molecule has 132 valence electrons. The highest BCUT2D eigenvalue weighted by Gasteiger charge is 2.30. The Balaban J connectivity index is 2.26. The summed E-state index contributed by atoms with van der Waals surface area (Å²) in [5, 5.41) is 9.28. The Labute approximate surface area is 142 Å². The fourth-order valence-electron chi connectivity index (χ4n) is 2.88. The van der Waals surface area contributed by atoms with Crippen LogP contribution in [-0.4, -0.2) is 53.8 Å². The Kier molecular flexibility index (Phi) is 6.20. The van der Waals surface area contributed by atoms with Crippen LogP contribution in [0.5, 0.6) is 5.75 Å². The van der Waals surface area contributed by atoms with Gasteiger partial charge in [-0.15, -0.1) is 0 Å². The average Bonchev–Trinajstić information content (AvgIpc) is 2.99. The van der Waals surface area contributed by atoms with Crippen molar-refractivity contribution in [2.45, 2.75) is 45.8 Å². The van der Waals surface area contributed by atoms with Crippen LogP contribution in [0.3, 0.4) is 0 Å². The third kappa shape index (κ3) is 4.47. The van der Waals surface area contributed by atoms with Gasteiger partial charge in [0.15, 0.2) is 0 Å². The molecule has 2 rings (SSSR count). The van der Waals surface area contributed by atoms with Crippen LogP contribution in [0.25, 0.3) is 0 Å². The topological polar surface area (TPSA) is 76.1 Å². The number of benzene rings is 1. The van der Waals surface area contributed by atoms with E-state index in [0.717, 1.165) is 12.8 Å². The smallest absolute Gasteiger partial charge is 0.335 e. The van der Waals surface area contributed by atoms with E-state index in [1.165, 1.54) is 12.1 Å². The Morgan fingerprint density at radius 3 is 2.62 bits per heavy atom. The van der Waals surface area contributed by atoms with E-state index < -0.39 is 5.97 Å². The fraction of sp³-hybridized carbons (Fsp3) is 0.556. The van der Waals surface area contributed by atoms with Gasteiger partial charge in [0.2, 0.25) is 0 Å². The number of hydrogen-bond acceptors (Lipinski definition) is 4. The van der Waals surface area contributed by atoms with Gasteiger partial charge in [0.05, 0.1) is 24.3 Å². The standard InChI is InChI=1S/C18H25NO5/c1-4-23-11-15-6-5-7-19(15)17(20)13-8-14(18(21)22)10-16(9-13)24-12(2)3/h8-10,12,15H,4-7,11H2,1-3H3,(H,21,22)/t15-/m1/s1. The second-order valence-corrected chi connectivity index (χ2v) is 6.17. The summed E-state index contributed by atoms with van der Waals surface area (Å²) in [6, 6.07) is 4.51. The van der Waals surface area contributed by atoms with Gasteiger partial charge in [-0.1, -0.05) is 0 Å². The molecule has 0 spiro atoms. The molecule has 1 N–H and O–H groups in total. The minimum atomic E-state index is -1.08. The zero-order valence-electron chi connectivity index (χ0n) is 14.4. The van der Waals surface area contributed by atoms with Crippen molar-refractivity contribution >= 4 is 11.9 Å². The van der Waals surface area contributed by atoms with Gasteiger partial charge in [-0.25, -0.2) is 4.79 Å². The Hall–Kier alpha value is -2.08. The highest BCUT2D eigenvalue weighted by atomic mass is 16.5. The molecule has 0 unspecified atom stereocenters. The Morgan fingerprint density at radius 2 is 2.00 bits per heavy atom. The second kappa shape index (κ2) is 8.15. The van der Waals surface area contributed by atoms with Gasteiger partial charge in [-0.05, 0) is 51.8 Å². The predicted molar refractivity (Wildman–Crippen MR) is 89.7 cm³/mol. The first kappa shape index (κ1) is 18.3. The van der Waals surface area contributed by atoms with E-state index in [1.807, 2.05) is 20.8 Å². The molecule has 24 heavy (non-hydrogen) atoms. The monoisotopic (exact) mass is 335 g/mol. The van der Waals surface area contributed by atoms with Gasteiger partial charge in [-0.3, -0.25) is 4.79 Å². The van der Waals surface area contributed by atoms with Gasteiger partial charge >= 0.3 is 5.97 Å². The number of carbonyl (C=O) groups is 2. The van der Waals surface area contributed by atoms with Crippen molar-refractivity contribution < 1.29 is 24.2 Å². The first-order valence-electron chi connectivity index (χ1n) is 8.36. The summed E-state index contributed by atoms with van der Waals surface area (Å²) in [4.78, 5) is 26.0. The van der Waals surface area contributed by atoms with Gasteiger partial charge in [0.1, 0.15) is 5.75 Å². The molecule has 0 aliphatic carbocycles. The Bertz CT molecular complexity index is 599. The predicted octanol–water partition coefficient (Wildman–Crippen LogP) is 2.81. The number of ether oxygens (including phenoxy) is 2. The quantitative estimate of drug-likeness (QED) is 0.829. The van der Waals surface area contributed by atoms with Crippen molar-refractivity contribution in [2.24, 2.45) is 0 Å². The van der Waals surface area contributed by atoms with Crippen molar-refractivity contribution in [3.05, 3.63) is 29.3 Å². The zero-order valence-corrected chi connectivity index (χ0v) is 14.4. The molecule has 6 nitrogen and oxygen atoms in total. The molecule has 0 bridgehead atoms. The van der Waals surface area contributed by atoms with Crippen LogP contribution in [0, 0.1) is 0 Å². The molecule has 0 aromatic heterocycles. The number of carboxylic acid groups (broad SMARTS) is 1. The van der Waals surface area contributed by atoms with Crippen LogP contribution in [0.2, 0.25) is 0 Å². The Morgan fingerprint density at radius 1 is 1.29 bits per heavy atom. The zero-order chi connectivity index (χ0) is 17.7. The summed E-state index contributed by atoms with van der Waals surface area (Å²) in [6.07, 6.45) is 1.73. The highest BCUT2D eigenvalue weighted by molar-refractivity contribution is 5.98. The molecule has 1 aliphatic heterocycles. The maximum Gasteiger partial charge on any atom is 0.335 e. The molecule has 1 aromatic carbocycles. The normalized spacial score (nSPS) is 17.3. The average molecular weight is 335 g/mol. The molecule has 1 aliphatic rings. The number of carboxylic acids is 1. The van der Waals surface area contributed by atoms with Crippen molar-refractivity contribution in [3.8, 4) is 5.75 Å². The van der Waals surface area contributed by atoms with Gasteiger partial charge in [-0.2, -0.15) is 0 Å². The van der Waals surface area contributed by atoms with Gasteiger partial charge in [0, 0.05) is 18.7 Å². The number of rotatable bonds is 7. The number of amides is 1. The van der Waals surface area contributed by atoms with Crippen molar-refractivity contribution in [2.75, 3.05) is 19.8 Å². The van der Waals surface area contributed by atoms with E-state index in [-0.39, 0.29) is 23.6 Å². The minimum absolute atomic E-state index is 0.0420. The summed E-state index contributed by atoms with van der Waals surface area (Å²) in [5.41, 5.74) is 0.394. The van der Waals surface area contributed by atoms with Crippen molar-refractivity contribution in [3.63, 3.8) is 0 Å². The van der Waals surface area contributed by atoms with Crippen LogP contribution in [-0.2, 0) is 4.74 Å². The molecule has 1 aromatic rings. The first-order chi connectivity index (χ1) is 11.4. The van der Waals surface area contributed by atoms with Crippen LogP contribution in [0.15, 0.2) is 18.2 Å². The fourth-order valence-corrected chi connectivity index (χ4v) is 2.88. The van der Waals surface area contributed by atoms with E-state index in [1.54, 1.807) is 11.0 Å². The molecule has 0 saturated carbocycles. The van der Waals surface area contributed by atoms with E-state index >= 15 is 0 Å². The third-order valence-corrected chi connectivity index (χ3v) is 3.92. The summed E-state index contributed by atoms with van der Waals surface area (Å²) < 4.78 is 11.1. The third-order valence-electron chi connectivity index (χ3n) is 3.92. The van der Waals surface area contributed by atoms with Gasteiger partial charge < -0.3 is 19.5 Å². The number of aromatic carboxylic acids is 1. The van der Waals surface area contributed by atoms with E-state index in [9.17, 15) is 14.7 Å². The molecular weight excluding hydrogens is 310 g/mol. The molecule has 0 radical (unpaired) electrons. The number of hydrogen-bond donors (Lipinski definition) is 1. The summed E-state index contributed by atoms with van der Waals surface area (Å²) >= 11 is 0. The van der Waals surface area contributed by atoms with Crippen LogP contribution < -0.4 is 4.74 Å². The van der Waals surface area contributed by atoms with Crippen molar-refractivity contribution in [1.82, 2.24) is 4.90 Å². The summed E-state index contributed by atoms with van der Waals surface area (Å²) in [7, 11) is 0. The molecule has 1 atom stereocenters. The second-order valence-electron chi connectivity index (χ2n) is 6.17. The minimum Gasteiger partial charge on any atom is -0.491 e. The lowest BCUT2D eigenvalue weighted by Crippen LogP contribution is -2.38. The van der Waals surface area contributed by atoms with Crippen LogP contribution in [0.4, 0.5) is 0 Å². The van der Waals surface area contributed by atoms with E-state index in [0.29, 0.717) is 31.1 Å². The van der Waals surface area contributed by atoms with E-state index in [2.05, 4.69) is 0 Å². The summed E-state index contributed by atoms with van der Waals surface area (Å²) in [5.74, 6) is -0.853. The molecule has 1 heterocycles. The van der Waals surface area contributed by atoms with Crippen LogP contribution >= 0.6 is 0 Å². The molecule has 6 heteroatoms. The molecular formula is C18H25NO5. The molecule has 1 amide bonds. The largest absolute Gasteiger partial charge is 0.491 e. The SMILES string of the molecule is CCOC[C@H]1CCCN1C(=O)c1cc(OC(C)C)cc(C(=O)O)c1. The maximum absolute atomic E-state index is 12.9. The van der Waals surface area contributed by atoms with Gasteiger partial charge in [0.25, 0.3) is 5.91 Å². The lowest BCUT2D eigenvalue weighted by molar-refractivity contribution is 0.0564.